The van der Waals surface area contributed by atoms with Gasteiger partial charge in [-0.15, -0.1) is 0 Å². The average molecular weight is 256 g/mol. The molecule has 2 saturated heterocycles. The Bertz CT molecular complexity index is 275. The summed E-state index contributed by atoms with van der Waals surface area (Å²) < 4.78 is 11.3. The first-order valence-corrected chi connectivity index (χ1v) is 7.13. The monoisotopic (exact) mass is 256 g/mol. The summed E-state index contributed by atoms with van der Waals surface area (Å²) in [5, 5.41) is 0. The summed E-state index contributed by atoms with van der Waals surface area (Å²) >= 11 is 0. The fourth-order valence-corrected chi connectivity index (χ4v) is 3.59. The molecular weight excluding hydrogens is 228 g/mol. The number of likely N-dealkylation sites (tertiary alicyclic amines) is 1. The Hall–Kier alpha value is -0.160. The number of nitrogens with zero attached hydrogens (tertiary/aromatic N) is 1. The predicted molar refractivity (Wildman–Crippen MR) is 72.7 cm³/mol. The first-order valence-electron chi connectivity index (χ1n) is 7.13. The number of ether oxygens (including phenoxy) is 2. The molecule has 0 bridgehead atoms. The average Bonchev–Trinajstić information content (AvgIpc) is 2.37. The van der Waals surface area contributed by atoms with E-state index in [4.69, 9.17) is 15.2 Å². The highest BCUT2D eigenvalue weighted by molar-refractivity contribution is 5.00. The van der Waals surface area contributed by atoms with Gasteiger partial charge in [-0.3, -0.25) is 4.90 Å². The molecule has 2 aliphatic heterocycles. The van der Waals surface area contributed by atoms with Crippen LogP contribution in [0.4, 0.5) is 0 Å². The van der Waals surface area contributed by atoms with Crippen LogP contribution in [-0.4, -0.2) is 55.5 Å². The Morgan fingerprint density at radius 3 is 2.50 bits per heavy atom. The van der Waals surface area contributed by atoms with Crippen LogP contribution in [0.1, 0.15) is 39.5 Å². The van der Waals surface area contributed by atoms with Crippen molar-refractivity contribution >= 4 is 0 Å². The number of hydrogen-bond donors (Lipinski definition) is 1. The van der Waals surface area contributed by atoms with Gasteiger partial charge >= 0.3 is 0 Å². The third kappa shape index (κ3) is 2.87. The van der Waals surface area contributed by atoms with Crippen LogP contribution in [0.2, 0.25) is 0 Å². The third-order valence-corrected chi connectivity index (χ3v) is 4.64. The second kappa shape index (κ2) is 5.45. The van der Waals surface area contributed by atoms with Gasteiger partial charge in [-0.05, 0) is 39.5 Å². The summed E-state index contributed by atoms with van der Waals surface area (Å²) in [6.07, 6.45) is 4.78. The summed E-state index contributed by atoms with van der Waals surface area (Å²) in [4.78, 5) is 2.59. The lowest BCUT2D eigenvalue weighted by Gasteiger charge is -2.52. The Balaban J connectivity index is 2.04. The van der Waals surface area contributed by atoms with Gasteiger partial charge in [0.2, 0.25) is 0 Å². The molecule has 0 spiro atoms. The molecule has 2 rings (SSSR count). The highest BCUT2D eigenvalue weighted by atomic mass is 16.5. The number of rotatable bonds is 3. The van der Waals surface area contributed by atoms with E-state index in [2.05, 4.69) is 18.7 Å². The van der Waals surface area contributed by atoms with Gasteiger partial charge in [0, 0.05) is 38.9 Å². The highest BCUT2D eigenvalue weighted by Crippen LogP contribution is 2.37. The fourth-order valence-electron chi connectivity index (χ4n) is 3.59. The Labute approximate surface area is 111 Å². The van der Waals surface area contributed by atoms with E-state index in [1.165, 1.54) is 0 Å². The van der Waals surface area contributed by atoms with Crippen LogP contribution in [0, 0.1) is 0 Å². The van der Waals surface area contributed by atoms with E-state index < -0.39 is 0 Å². The van der Waals surface area contributed by atoms with Crippen LogP contribution < -0.4 is 5.73 Å². The molecule has 2 aliphatic rings. The molecule has 0 aromatic carbocycles. The quantitative estimate of drug-likeness (QED) is 0.829. The van der Waals surface area contributed by atoms with Crippen LogP contribution in [0.25, 0.3) is 0 Å². The van der Waals surface area contributed by atoms with Crippen LogP contribution in [0.5, 0.6) is 0 Å². The van der Waals surface area contributed by atoms with Crippen LogP contribution in [0.3, 0.4) is 0 Å². The molecule has 2 heterocycles. The molecule has 4 heteroatoms. The van der Waals surface area contributed by atoms with Crippen molar-refractivity contribution in [2.45, 2.75) is 56.8 Å². The maximum atomic E-state index is 6.13. The maximum absolute atomic E-state index is 6.13. The molecule has 4 nitrogen and oxygen atoms in total. The lowest BCUT2D eigenvalue weighted by atomic mass is 9.79. The van der Waals surface area contributed by atoms with Gasteiger partial charge in [-0.2, -0.15) is 0 Å². The van der Waals surface area contributed by atoms with Gasteiger partial charge in [0.25, 0.3) is 0 Å². The van der Waals surface area contributed by atoms with Gasteiger partial charge in [0.15, 0.2) is 0 Å². The lowest BCUT2D eigenvalue weighted by molar-refractivity contribution is -0.126. The zero-order valence-electron chi connectivity index (χ0n) is 12.1. The van der Waals surface area contributed by atoms with Crippen molar-refractivity contribution in [3.63, 3.8) is 0 Å². The minimum absolute atomic E-state index is 0.0459. The van der Waals surface area contributed by atoms with Crippen molar-refractivity contribution in [1.29, 1.82) is 0 Å². The Kier molecular flexibility index (Phi) is 4.32. The van der Waals surface area contributed by atoms with Gasteiger partial charge in [-0.25, -0.2) is 0 Å². The van der Waals surface area contributed by atoms with E-state index in [0.717, 1.165) is 51.9 Å². The summed E-state index contributed by atoms with van der Waals surface area (Å²) in [5.41, 5.74) is 6.22. The zero-order chi connectivity index (χ0) is 13.2. The molecule has 2 fully saturated rings. The molecule has 0 aromatic heterocycles. The molecular formula is C14H28N2O2. The largest absolute Gasteiger partial charge is 0.381 e. The molecule has 0 aromatic rings. The molecule has 106 valence electrons. The van der Waals surface area contributed by atoms with Crippen molar-refractivity contribution < 1.29 is 9.47 Å². The van der Waals surface area contributed by atoms with Gasteiger partial charge in [0.05, 0.1) is 11.7 Å². The van der Waals surface area contributed by atoms with Gasteiger partial charge < -0.3 is 15.2 Å². The minimum atomic E-state index is -0.0459. The van der Waals surface area contributed by atoms with Crippen LogP contribution in [0.15, 0.2) is 0 Å². The van der Waals surface area contributed by atoms with Gasteiger partial charge in [0.1, 0.15) is 0 Å². The smallest absolute Gasteiger partial charge is 0.0644 e. The predicted octanol–water partition coefficient (Wildman–Crippen LogP) is 1.38. The second-order valence-corrected chi connectivity index (χ2v) is 6.39. The van der Waals surface area contributed by atoms with E-state index in [1.807, 2.05) is 7.11 Å². The molecule has 0 saturated carbocycles. The molecule has 2 N–H and O–H groups in total. The summed E-state index contributed by atoms with van der Waals surface area (Å²) in [6, 6.07) is 0. The molecule has 1 unspecified atom stereocenters. The van der Waals surface area contributed by atoms with Crippen molar-refractivity contribution in [3.8, 4) is 0 Å². The van der Waals surface area contributed by atoms with Crippen LogP contribution >= 0.6 is 0 Å². The number of nitrogens with two attached hydrogens (primary N) is 1. The second-order valence-electron chi connectivity index (χ2n) is 6.39. The normalized spacial score (nSPS) is 34.7. The van der Waals surface area contributed by atoms with E-state index in [-0.39, 0.29) is 11.1 Å². The van der Waals surface area contributed by atoms with Crippen LogP contribution in [-0.2, 0) is 9.47 Å². The molecule has 0 radical (unpaired) electrons. The summed E-state index contributed by atoms with van der Waals surface area (Å²) in [5.74, 6) is 0. The van der Waals surface area contributed by atoms with E-state index in [9.17, 15) is 0 Å². The Morgan fingerprint density at radius 2 is 2.00 bits per heavy atom. The number of methoxy groups -OCH3 is 1. The topological polar surface area (TPSA) is 47.7 Å². The zero-order valence-corrected chi connectivity index (χ0v) is 12.1. The number of piperidine rings is 1. The summed E-state index contributed by atoms with van der Waals surface area (Å²) in [6.45, 7) is 8.13. The maximum Gasteiger partial charge on any atom is 0.0644 e. The SMILES string of the molecule is COC1CCN(C2(CN)CCOC(C)(C)C2)CC1. The highest BCUT2D eigenvalue weighted by Gasteiger charge is 2.44. The molecule has 1 atom stereocenters. The Morgan fingerprint density at radius 1 is 1.33 bits per heavy atom. The van der Waals surface area contributed by atoms with Crippen molar-refractivity contribution in [2.24, 2.45) is 5.73 Å². The van der Waals surface area contributed by atoms with Gasteiger partial charge in [-0.1, -0.05) is 0 Å². The van der Waals surface area contributed by atoms with Crippen molar-refractivity contribution in [2.75, 3.05) is 33.4 Å². The van der Waals surface area contributed by atoms with E-state index in [1.54, 1.807) is 0 Å². The minimum Gasteiger partial charge on any atom is -0.381 e. The fraction of sp³-hybridized carbons (Fsp3) is 1.00. The lowest BCUT2D eigenvalue weighted by Crippen LogP contribution is -2.62. The van der Waals surface area contributed by atoms with E-state index in [0.29, 0.717) is 6.10 Å². The molecule has 0 amide bonds. The first-order chi connectivity index (χ1) is 8.51. The molecule has 18 heavy (non-hydrogen) atoms. The standard InChI is InChI=1S/C14H28N2O2/c1-13(2)10-14(11-15,6-9-18-13)16-7-4-12(17-3)5-8-16/h12H,4-11,15H2,1-3H3. The first kappa shape index (κ1) is 14.3. The molecule has 0 aliphatic carbocycles. The number of hydrogen-bond acceptors (Lipinski definition) is 4. The van der Waals surface area contributed by atoms with E-state index >= 15 is 0 Å². The third-order valence-electron chi connectivity index (χ3n) is 4.64. The summed E-state index contributed by atoms with van der Waals surface area (Å²) in [7, 11) is 1.82. The van der Waals surface area contributed by atoms with Crippen molar-refractivity contribution in [3.05, 3.63) is 0 Å². The van der Waals surface area contributed by atoms with Crippen molar-refractivity contribution in [1.82, 2.24) is 4.90 Å².